The monoisotopic (exact) mass is 159 g/mol. The van der Waals surface area contributed by atoms with E-state index in [1.165, 1.54) is 0 Å². The molecule has 0 radical (unpaired) electrons. The lowest BCUT2D eigenvalue weighted by molar-refractivity contribution is 0.985. The predicted molar refractivity (Wildman–Crippen MR) is 38.2 cm³/mol. The van der Waals surface area contributed by atoms with Crippen LogP contribution in [0.2, 0.25) is 0 Å². The van der Waals surface area contributed by atoms with Gasteiger partial charge in [-0.3, -0.25) is 0 Å². The minimum atomic E-state index is 0.100. The molecule has 0 aliphatic carbocycles. The fourth-order valence-corrected chi connectivity index (χ4v) is 0.636. The second kappa shape index (κ2) is 2.66. The molecule has 0 saturated carbocycles. The molecule has 1 aromatic rings. The van der Waals surface area contributed by atoms with Crippen molar-refractivity contribution in [1.29, 1.82) is 0 Å². The number of nitrogens with zero attached hydrogens (tertiary/aromatic N) is 3. The Kier molecular flexibility index (Phi) is 1.86. The van der Waals surface area contributed by atoms with Gasteiger partial charge in [0.2, 0.25) is 11.9 Å². The van der Waals surface area contributed by atoms with E-state index in [4.69, 9.17) is 23.1 Å². The number of halogens is 1. The van der Waals surface area contributed by atoms with Gasteiger partial charge in [0.1, 0.15) is 0 Å². The van der Waals surface area contributed by atoms with Crippen LogP contribution in [-0.4, -0.2) is 15.0 Å². The fourth-order valence-electron chi connectivity index (χ4n) is 0.517. The molecule has 1 aromatic heterocycles. The summed E-state index contributed by atoms with van der Waals surface area (Å²) in [5, 5.41) is 0. The summed E-state index contributed by atoms with van der Waals surface area (Å²) in [6.45, 7) is 0. The van der Waals surface area contributed by atoms with Crippen LogP contribution in [0.5, 0.6) is 0 Å². The van der Waals surface area contributed by atoms with E-state index in [1.807, 2.05) is 0 Å². The van der Waals surface area contributed by atoms with Crippen LogP contribution >= 0.6 is 11.6 Å². The molecule has 0 fully saturated rings. The Balaban J connectivity index is 3.06. The van der Waals surface area contributed by atoms with Gasteiger partial charge >= 0.3 is 0 Å². The molecule has 1 heterocycles. The van der Waals surface area contributed by atoms with E-state index in [-0.39, 0.29) is 17.8 Å². The third-order valence-electron chi connectivity index (χ3n) is 0.836. The van der Waals surface area contributed by atoms with E-state index >= 15 is 0 Å². The highest BCUT2D eigenvalue weighted by molar-refractivity contribution is 6.16. The molecule has 0 amide bonds. The third-order valence-corrected chi connectivity index (χ3v) is 1.07. The van der Waals surface area contributed by atoms with Crippen molar-refractivity contribution in [2.45, 2.75) is 5.88 Å². The highest BCUT2D eigenvalue weighted by atomic mass is 35.5. The largest absolute Gasteiger partial charge is 0.368 e. The average Bonchev–Trinajstić information content (AvgIpc) is 1.85. The third kappa shape index (κ3) is 1.44. The van der Waals surface area contributed by atoms with Gasteiger partial charge < -0.3 is 11.5 Å². The van der Waals surface area contributed by atoms with Crippen LogP contribution in [0, 0.1) is 0 Å². The van der Waals surface area contributed by atoms with E-state index in [9.17, 15) is 0 Å². The minimum Gasteiger partial charge on any atom is -0.368 e. The lowest BCUT2D eigenvalue weighted by Gasteiger charge is -1.95. The maximum absolute atomic E-state index is 5.41. The molecule has 1 rings (SSSR count). The number of nitrogens with two attached hydrogens (primary N) is 2. The first kappa shape index (κ1) is 7.01. The predicted octanol–water partition coefficient (Wildman–Crippen LogP) is -0.225. The van der Waals surface area contributed by atoms with Crippen LogP contribution in [0.3, 0.4) is 0 Å². The standard InChI is InChI=1S/C4H6ClN5/c5-1-2-8-3(6)10-4(7)9-2/h1H2,(H4,6,7,8,9,10). The van der Waals surface area contributed by atoms with Gasteiger partial charge in [-0.15, -0.1) is 11.6 Å². The summed E-state index contributed by atoms with van der Waals surface area (Å²) in [6.07, 6.45) is 0. The van der Waals surface area contributed by atoms with Crippen molar-refractivity contribution in [2.24, 2.45) is 0 Å². The maximum atomic E-state index is 5.41. The summed E-state index contributed by atoms with van der Waals surface area (Å²) in [4.78, 5) is 10.9. The van der Waals surface area contributed by atoms with Crippen LogP contribution in [0.1, 0.15) is 5.82 Å². The Morgan fingerprint density at radius 2 is 1.60 bits per heavy atom. The Labute approximate surface area is 62.4 Å². The second-order valence-corrected chi connectivity index (χ2v) is 1.87. The van der Waals surface area contributed by atoms with E-state index in [2.05, 4.69) is 15.0 Å². The molecule has 10 heavy (non-hydrogen) atoms. The molecular weight excluding hydrogens is 154 g/mol. The van der Waals surface area contributed by atoms with E-state index in [0.29, 0.717) is 5.82 Å². The Morgan fingerprint density at radius 3 is 2.00 bits per heavy atom. The molecular formula is C4H6ClN5. The van der Waals surface area contributed by atoms with Gasteiger partial charge in [0, 0.05) is 0 Å². The van der Waals surface area contributed by atoms with Crippen LogP contribution in [0.15, 0.2) is 0 Å². The zero-order chi connectivity index (χ0) is 7.56. The molecule has 0 spiro atoms. The summed E-state index contributed by atoms with van der Waals surface area (Å²) in [5.74, 6) is 0.787. The van der Waals surface area contributed by atoms with Crippen molar-refractivity contribution >= 4 is 23.5 Å². The molecule has 0 aliphatic rings. The average molecular weight is 160 g/mol. The van der Waals surface area contributed by atoms with Gasteiger partial charge in [0.15, 0.2) is 5.82 Å². The first-order valence-corrected chi connectivity index (χ1v) is 3.07. The van der Waals surface area contributed by atoms with Crippen molar-refractivity contribution in [3.8, 4) is 0 Å². The van der Waals surface area contributed by atoms with Crippen LogP contribution in [0.25, 0.3) is 0 Å². The summed E-state index contributed by atoms with van der Waals surface area (Å²) in [7, 11) is 0. The summed E-state index contributed by atoms with van der Waals surface area (Å²) in [6, 6.07) is 0. The topological polar surface area (TPSA) is 90.7 Å². The molecule has 5 nitrogen and oxygen atoms in total. The second-order valence-electron chi connectivity index (χ2n) is 1.60. The molecule has 0 atom stereocenters. The van der Waals surface area contributed by atoms with Crippen molar-refractivity contribution in [2.75, 3.05) is 11.5 Å². The van der Waals surface area contributed by atoms with Gasteiger partial charge in [0.25, 0.3) is 0 Å². The molecule has 54 valence electrons. The van der Waals surface area contributed by atoms with Gasteiger partial charge in [0.05, 0.1) is 5.88 Å². The number of anilines is 2. The van der Waals surface area contributed by atoms with Crippen molar-refractivity contribution < 1.29 is 0 Å². The van der Waals surface area contributed by atoms with E-state index in [1.54, 1.807) is 0 Å². The maximum Gasteiger partial charge on any atom is 0.225 e. The highest BCUT2D eigenvalue weighted by Gasteiger charge is 1.97. The van der Waals surface area contributed by atoms with Crippen molar-refractivity contribution in [1.82, 2.24) is 15.0 Å². The quantitative estimate of drug-likeness (QED) is 0.553. The Bertz CT molecular complexity index is 217. The smallest absolute Gasteiger partial charge is 0.225 e. The number of hydrogen-bond acceptors (Lipinski definition) is 5. The lowest BCUT2D eigenvalue weighted by atomic mass is 10.7. The summed E-state index contributed by atoms with van der Waals surface area (Å²) in [5.41, 5.74) is 10.5. The van der Waals surface area contributed by atoms with Crippen LogP contribution < -0.4 is 11.5 Å². The molecule has 4 N–H and O–H groups in total. The first-order valence-electron chi connectivity index (χ1n) is 2.54. The minimum absolute atomic E-state index is 0.100. The zero-order valence-electron chi connectivity index (χ0n) is 5.08. The van der Waals surface area contributed by atoms with Gasteiger partial charge in [-0.25, -0.2) is 0 Å². The number of aromatic nitrogens is 3. The lowest BCUT2D eigenvalue weighted by Crippen LogP contribution is -2.05. The molecule has 0 unspecified atom stereocenters. The summed E-state index contributed by atoms with van der Waals surface area (Å²) >= 11 is 5.41. The van der Waals surface area contributed by atoms with Crippen LogP contribution in [-0.2, 0) is 5.88 Å². The van der Waals surface area contributed by atoms with Gasteiger partial charge in [-0.05, 0) is 0 Å². The molecule has 6 heteroatoms. The SMILES string of the molecule is Nc1nc(N)nc(CCl)n1. The van der Waals surface area contributed by atoms with Crippen LogP contribution in [0.4, 0.5) is 11.9 Å². The highest BCUT2D eigenvalue weighted by Crippen LogP contribution is 2.00. The first-order chi connectivity index (χ1) is 4.72. The number of rotatable bonds is 1. The number of hydrogen-bond donors (Lipinski definition) is 2. The van der Waals surface area contributed by atoms with E-state index < -0.39 is 0 Å². The Morgan fingerprint density at radius 1 is 1.10 bits per heavy atom. The number of alkyl halides is 1. The van der Waals surface area contributed by atoms with E-state index in [0.717, 1.165) is 0 Å². The fraction of sp³-hybridized carbons (Fsp3) is 0.250. The zero-order valence-corrected chi connectivity index (χ0v) is 5.84. The molecule has 0 aromatic carbocycles. The molecule has 0 aliphatic heterocycles. The van der Waals surface area contributed by atoms with Gasteiger partial charge in [-0.1, -0.05) is 0 Å². The Hall–Kier alpha value is -1.10. The number of nitrogen functional groups attached to an aromatic ring is 2. The molecule has 0 saturated heterocycles. The van der Waals surface area contributed by atoms with Crippen molar-refractivity contribution in [3.05, 3.63) is 5.82 Å². The normalized spacial score (nSPS) is 9.70. The van der Waals surface area contributed by atoms with Crippen molar-refractivity contribution in [3.63, 3.8) is 0 Å². The summed E-state index contributed by atoms with van der Waals surface area (Å²) < 4.78 is 0. The van der Waals surface area contributed by atoms with Gasteiger partial charge in [-0.2, -0.15) is 15.0 Å². The molecule has 0 bridgehead atoms.